The molecule has 0 saturated carbocycles. The van der Waals surface area contributed by atoms with Crippen molar-refractivity contribution in [1.29, 1.82) is 0 Å². The van der Waals surface area contributed by atoms with Gasteiger partial charge in [0.15, 0.2) is 5.78 Å². The Morgan fingerprint density at radius 2 is 1.59 bits per heavy atom. The Kier molecular flexibility index (Phi) is 8.18. The van der Waals surface area contributed by atoms with Crippen molar-refractivity contribution in [2.45, 2.75) is 32.1 Å². The Morgan fingerprint density at radius 3 is 2.03 bits per heavy atom. The molecule has 0 heterocycles. The first kappa shape index (κ1) is 26.4. The number of carbonyl (C=O) groups is 1. The predicted molar refractivity (Wildman–Crippen MR) is 111 cm³/mol. The fourth-order valence-electron chi connectivity index (χ4n) is 2.91. The lowest BCUT2D eigenvalue weighted by Crippen LogP contribution is -2.20. The van der Waals surface area contributed by atoms with Gasteiger partial charge in [0, 0.05) is 11.1 Å². The average molecular weight is 520 g/mol. The van der Waals surface area contributed by atoms with Gasteiger partial charge in [-0.1, -0.05) is 46.9 Å². The highest BCUT2D eigenvalue weighted by Crippen LogP contribution is 2.42. The molecule has 0 bridgehead atoms. The van der Waals surface area contributed by atoms with Crippen LogP contribution in [0.1, 0.15) is 46.8 Å². The lowest BCUT2D eigenvalue weighted by atomic mass is 9.94. The standard InChI is InChI=1S/C21H15Cl3F6O2/c1-3-32-18(11-4-5-13(10(2)31)15(6-11)21(28,29)30)9-14(20(25,26)27)12-7-16(22)19(24)17(23)8-12/h4-9,14H,3H2,1-2H3/b18-9+. The molecule has 0 saturated heterocycles. The summed E-state index contributed by atoms with van der Waals surface area (Å²) in [5.74, 6) is -3.62. The van der Waals surface area contributed by atoms with Gasteiger partial charge in [0.2, 0.25) is 0 Å². The van der Waals surface area contributed by atoms with Crippen LogP contribution in [0.3, 0.4) is 0 Å². The quantitative estimate of drug-likeness (QED) is 0.165. The molecule has 0 aliphatic rings. The van der Waals surface area contributed by atoms with Crippen molar-refractivity contribution in [3.05, 3.63) is 73.7 Å². The monoisotopic (exact) mass is 518 g/mol. The van der Waals surface area contributed by atoms with Crippen LogP contribution in [0.25, 0.3) is 5.76 Å². The van der Waals surface area contributed by atoms with Gasteiger partial charge in [-0.15, -0.1) is 0 Å². The van der Waals surface area contributed by atoms with Crippen LogP contribution in [-0.2, 0) is 10.9 Å². The summed E-state index contributed by atoms with van der Waals surface area (Å²) in [6, 6.07) is 4.49. The molecule has 0 aromatic heterocycles. The van der Waals surface area contributed by atoms with Crippen molar-refractivity contribution in [3.63, 3.8) is 0 Å². The second kappa shape index (κ2) is 9.93. The number of rotatable bonds is 6. The van der Waals surface area contributed by atoms with Crippen LogP contribution in [-0.4, -0.2) is 18.6 Å². The first-order valence-corrected chi connectivity index (χ1v) is 10.1. The number of ether oxygens (including phenoxy) is 1. The Balaban J connectivity index is 2.72. The first-order valence-electron chi connectivity index (χ1n) is 8.95. The van der Waals surface area contributed by atoms with E-state index in [0.717, 1.165) is 31.2 Å². The van der Waals surface area contributed by atoms with E-state index < -0.39 is 40.9 Å². The van der Waals surface area contributed by atoms with Crippen LogP contribution in [0.4, 0.5) is 26.3 Å². The normalized spacial score (nSPS) is 13.8. The predicted octanol–water partition coefficient (Wildman–Crippen LogP) is 8.59. The molecular weight excluding hydrogens is 505 g/mol. The van der Waals surface area contributed by atoms with Crippen molar-refractivity contribution in [1.82, 2.24) is 0 Å². The van der Waals surface area contributed by atoms with Crippen LogP contribution >= 0.6 is 34.8 Å². The molecule has 2 aromatic carbocycles. The fourth-order valence-corrected chi connectivity index (χ4v) is 3.52. The highest BCUT2D eigenvalue weighted by molar-refractivity contribution is 6.48. The van der Waals surface area contributed by atoms with Crippen molar-refractivity contribution in [2.75, 3.05) is 6.61 Å². The lowest BCUT2D eigenvalue weighted by Gasteiger charge is -2.21. The number of halogens is 9. The van der Waals surface area contributed by atoms with Gasteiger partial charge in [0.05, 0.1) is 27.2 Å². The van der Waals surface area contributed by atoms with Crippen LogP contribution < -0.4 is 0 Å². The molecule has 2 aromatic rings. The van der Waals surface area contributed by atoms with Crippen LogP contribution in [0, 0.1) is 0 Å². The Labute approximate surface area is 194 Å². The summed E-state index contributed by atoms with van der Waals surface area (Å²) in [7, 11) is 0. The maximum absolute atomic E-state index is 13.9. The molecule has 0 N–H and O–H groups in total. The van der Waals surface area contributed by atoms with Crippen LogP contribution in [0.2, 0.25) is 15.1 Å². The van der Waals surface area contributed by atoms with E-state index in [1.807, 2.05) is 0 Å². The zero-order chi connectivity index (χ0) is 24.4. The number of Topliss-reactive ketones (excluding diaryl/α,β-unsaturated/α-hetero) is 1. The second-order valence-electron chi connectivity index (χ2n) is 6.60. The summed E-state index contributed by atoms with van der Waals surface area (Å²) in [4.78, 5) is 11.6. The van der Waals surface area contributed by atoms with Crippen molar-refractivity contribution in [3.8, 4) is 0 Å². The SMILES string of the molecule is CCO/C(=C/C(c1cc(Cl)c(Cl)c(Cl)c1)C(F)(F)F)c1ccc(C(C)=O)c(C(F)(F)F)c1. The Morgan fingerprint density at radius 1 is 1.03 bits per heavy atom. The summed E-state index contributed by atoms with van der Waals surface area (Å²) in [5, 5.41) is -0.582. The summed E-state index contributed by atoms with van der Waals surface area (Å²) in [6.45, 7) is 2.28. The van der Waals surface area contributed by atoms with E-state index in [-0.39, 0.29) is 32.8 Å². The molecule has 2 nitrogen and oxygen atoms in total. The second-order valence-corrected chi connectivity index (χ2v) is 7.79. The van der Waals surface area contributed by atoms with E-state index in [1.54, 1.807) is 0 Å². The van der Waals surface area contributed by atoms with Crippen molar-refractivity contribution < 1.29 is 35.9 Å². The van der Waals surface area contributed by atoms with Gasteiger partial charge in [-0.05, 0) is 43.7 Å². The minimum Gasteiger partial charge on any atom is -0.494 e. The molecule has 174 valence electrons. The van der Waals surface area contributed by atoms with E-state index in [4.69, 9.17) is 39.5 Å². The number of hydrogen-bond acceptors (Lipinski definition) is 2. The highest BCUT2D eigenvalue weighted by atomic mass is 35.5. The smallest absolute Gasteiger partial charge is 0.417 e. The van der Waals surface area contributed by atoms with Gasteiger partial charge >= 0.3 is 12.4 Å². The van der Waals surface area contributed by atoms with E-state index in [0.29, 0.717) is 12.1 Å². The maximum atomic E-state index is 13.9. The van der Waals surface area contributed by atoms with Gasteiger partial charge in [0.25, 0.3) is 0 Å². The summed E-state index contributed by atoms with van der Waals surface area (Å²) in [5.41, 5.74) is -2.56. The zero-order valence-corrected chi connectivity index (χ0v) is 18.7. The van der Waals surface area contributed by atoms with Gasteiger partial charge in [-0.2, -0.15) is 26.3 Å². The summed E-state index contributed by atoms with van der Waals surface area (Å²) >= 11 is 17.5. The maximum Gasteiger partial charge on any atom is 0.417 e. The zero-order valence-electron chi connectivity index (χ0n) is 16.5. The number of hydrogen-bond donors (Lipinski definition) is 0. The third-order valence-corrected chi connectivity index (χ3v) is 5.52. The fraction of sp³-hybridized carbons (Fsp3) is 0.286. The number of carbonyl (C=O) groups excluding carboxylic acids is 1. The Hall–Kier alpha value is -1.90. The number of alkyl halides is 6. The molecule has 0 aliphatic heterocycles. The van der Waals surface area contributed by atoms with Gasteiger partial charge in [-0.25, -0.2) is 0 Å². The molecule has 0 fully saturated rings. The van der Waals surface area contributed by atoms with Gasteiger partial charge in [0.1, 0.15) is 11.7 Å². The average Bonchev–Trinajstić information content (AvgIpc) is 2.66. The minimum atomic E-state index is -4.91. The third kappa shape index (κ3) is 6.11. The van der Waals surface area contributed by atoms with Crippen molar-refractivity contribution >= 4 is 46.3 Å². The Bertz CT molecular complexity index is 1020. The first-order chi connectivity index (χ1) is 14.7. The van der Waals surface area contributed by atoms with E-state index in [1.165, 1.54) is 6.92 Å². The lowest BCUT2D eigenvalue weighted by molar-refractivity contribution is -0.140. The van der Waals surface area contributed by atoms with E-state index in [9.17, 15) is 31.1 Å². The summed E-state index contributed by atoms with van der Waals surface area (Å²) < 4.78 is 87.2. The number of benzene rings is 2. The molecule has 0 spiro atoms. The van der Waals surface area contributed by atoms with Crippen LogP contribution in [0.5, 0.6) is 0 Å². The molecule has 32 heavy (non-hydrogen) atoms. The topological polar surface area (TPSA) is 26.3 Å². The molecule has 0 radical (unpaired) electrons. The number of ketones is 1. The van der Waals surface area contributed by atoms with Gasteiger partial charge in [-0.3, -0.25) is 4.79 Å². The van der Waals surface area contributed by atoms with E-state index in [2.05, 4.69) is 0 Å². The summed E-state index contributed by atoms with van der Waals surface area (Å²) in [6.07, 6.45) is -9.15. The molecule has 11 heteroatoms. The third-order valence-electron chi connectivity index (χ3n) is 4.32. The molecule has 1 atom stereocenters. The van der Waals surface area contributed by atoms with Gasteiger partial charge < -0.3 is 4.74 Å². The molecular formula is C21H15Cl3F6O2. The minimum absolute atomic E-state index is 0.131. The number of allylic oxidation sites excluding steroid dienone is 1. The molecule has 1 unspecified atom stereocenters. The molecule has 0 aliphatic carbocycles. The highest BCUT2D eigenvalue weighted by Gasteiger charge is 2.41. The molecule has 0 amide bonds. The largest absolute Gasteiger partial charge is 0.494 e. The van der Waals surface area contributed by atoms with Crippen molar-refractivity contribution in [2.24, 2.45) is 0 Å². The van der Waals surface area contributed by atoms with Crippen LogP contribution in [0.15, 0.2) is 36.4 Å². The molecule has 2 rings (SSSR count). The van der Waals surface area contributed by atoms with E-state index >= 15 is 0 Å².